The normalized spacial score (nSPS) is 20.0. The lowest BCUT2D eigenvalue weighted by Gasteiger charge is -2.25. The summed E-state index contributed by atoms with van der Waals surface area (Å²) < 4.78 is 26.4. The molecule has 0 radical (unpaired) electrons. The van der Waals surface area contributed by atoms with Crippen molar-refractivity contribution in [2.75, 3.05) is 20.6 Å². The van der Waals surface area contributed by atoms with E-state index in [1.54, 1.807) is 26.2 Å². The monoisotopic (exact) mass is 296 g/mol. The van der Waals surface area contributed by atoms with Crippen molar-refractivity contribution < 1.29 is 13.2 Å². The molecule has 0 unspecified atom stereocenters. The predicted molar refractivity (Wildman–Crippen MR) is 77.5 cm³/mol. The Labute approximate surface area is 120 Å². The van der Waals surface area contributed by atoms with Gasteiger partial charge in [0.25, 0.3) is 0 Å². The first-order chi connectivity index (χ1) is 9.42. The molecule has 1 amide bonds. The van der Waals surface area contributed by atoms with Gasteiger partial charge in [0.2, 0.25) is 15.9 Å². The van der Waals surface area contributed by atoms with E-state index in [1.807, 2.05) is 18.2 Å². The number of amides is 1. The summed E-state index contributed by atoms with van der Waals surface area (Å²) in [6.45, 7) is 0.430. The van der Waals surface area contributed by atoms with Crippen LogP contribution >= 0.6 is 0 Å². The van der Waals surface area contributed by atoms with Crippen LogP contribution in [-0.4, -0.2) is 50.2 Å². The van der Waals surface area contributed by atoms with Crippen LogP contribution in [0, 0.1) is 0 Å². The Balaban J connectivity index is 2.18. The summed E-state index contributed by atoms with van der Waals surface area (Å²) in [5.41, 5.74) is 0.746. The minimum Gasteiger partial charge on any atom is -0.347 e. The van der Waals surface area contributed by atoms with E-state index in [4.69, 9.17) is 0 Å². The third kappa shape index (κ3) is 3.19. The van der Waals surface area contributed by atoms with E-state index in [0.29, 0.717) is 13.0 Å². The van der Waals surface area contributed by atoms with Crippen molar-refractivity contribution in [2.45, 2.75) is 24.6 Å². The summed E-state index contributed by atoms with van der Waals surface area (Å²) in [5.74, 6) is -0.190. The van der Waals surface area contributed by atoms with Gasteiger partial charge in [0.15, 0.2) is 0 Å². The van der Waals surface area contributed by atoms with E-state index in [1.165, 1.54) is 9.21 Å². The Morgan fingerprint density at radius 2 is 1.95 bits per heavy atom. The van der Waals surface area contributed by atoms with Gasteiger partial charge >= 0.3 is 0 Å². The molecule has 1 fully saturated rings. The molecule has 0 aliphatic carbocycles. The number of rotatable bonds is 4. The van der Waals surface area contributed by atoms with Gasteiger partial charge in [-0.1, -0.05) is 30.3 Å². The number of sulfonamides is 1. The van der Waals surface area contributed by atoms with Gasteiger partial charge in [-0.2, -0.15) is 4.31 Å². The average Bonchev–Trinajstić information content (AvgIpc) is 2.88. The van der Waals surface area contributed by atoms with E-state index in [2.05, 4.69) is 0 Å². The topological polar surface area (TPSA) is 57.7 Å². The van der Waals surface area contributed by atoms with Crippen LogP contribution in [-0.2, 0) is 20.6 Å². The highest BCUT2D eigenvalue weighted by Crippen LogP contribution is 2.24. The first kappa shape index (κ1) is 15.0. The van der Waals surface area contributed by atoms with Gasteiger partial charge in [0.1, 0.15) is 6.04 Å². The lowest BCUT2D eigenvalue weighted by molar-refractivity contribution is -0.132. The molecule has 110 valence electrons. The average molecular weight is 296 g/mol. The maximum Gasteiger partial charge on any atom is 0.240 e. The highest BCUT2D eigenvalue weighted by atomic mass is 32.2. The van der Waals surface area contributed by atoms with Gasteiger partial charge in [0, 0.05) is 20.6 Å². The molecule has 1 saturated heterocycles. The molecule has 1 aromatic carbocycles. The third-order valence-electron chi connectivity index (χ3n) is 3.48. The number of hydrogen-bond acceptors (Lipinski definition) is 3. The molecule has 0 spiro atoms. The van der Waals surface area contributed by atoms with Crippen LogP contribution < -0.4 is 0 Å². The fraction of sp³-hybridized carbons (Fsp3) is 0.500. The lowest BCUT2D eigenvalue weighted by Crippen LogP contribution is -2.45. The zero-order valence-electron chi connectivity index (χ0n) is 11.8. The van der Waals surface area contributed by atoms with Crippen LogP contribution in [0.4, 0.5) is 0 Å². The standard InChI is InChI=1S/C14H20N2O3S/c1-15(2)14(17)13-9-6-10-16(13)20(18,19)11-12-7-4-3-5-8-12/h3-5,7-8,13H,6,9-11H2,1-2H3/t13-/m0/s1. The summed E-state index contributed by atoms with van der Waals surface area (Å²) in [5, 5.41) is 0. The second-order valence-corrected chi connectivity index (χ2v) is 7.16. The number of carbonyl (C=O) groups excluding carboxylic acids is 1. The van der Waals surface area contributed by atoms with E-state index >= 15 is 0 Å². The molecule has 1 aromatic rings. The van der Waals surface area contributed by atoms with Crippen LogP contribution in [0.25, 0.3) is 0 Å². The van der Waals surface area contributed by atoms with Gasteiger partial charge in [-0.05, 0) is 18.4 Å². The number of nitrogens with zero attached hydrogens (tertiary/aromatic N) is 2. The van der Waals surface area contributed by atoms with Gasteiger partial charge in [-0.3, -0.25) is 4.79 Å². The lowest BCUT2D eigenvalue weighted by atomic mass is 10.2. The minimum absolute atomic E-state index is 0.0505. The number of hydrogen-bond donors (Lipinski definition) is 0. The molecule has 2 rings (SSSR count). The van der Waals surface area contributed by atoms with Gasteiger partial charge in [-0.25, -0.2) is 8.42 Å². The van der Waals surface area contributed by atoms with E-state index in [0.717, 1.165) is 12.0 Å². The Hall–Kier alpha value is -1.40. The Bertz CT molecular complexity index is 569. The van der Waals surface area contributed by atoms with Crippen molar-refractivity contribution in [3.8, 4) is 0 Å². The molecule has 0 bridgehead atoms. The fourth-order valence-electron chi connectivity index (χ4n) is 2.49. The Kier molecular flexibility index (Phi) is 4.45. The highest BCUT2D eigenvalue weighted by molar-refractivity contribution is 7.88. The first-order valence-corrected chi connectivity index (χ1v) is 8.27. The quantitative estimate of drug-likeness (QED) is 0.835. The molecule has 20 heavy (non-hydrogen) atoms. The van der Waals surface area contributed by atoms with Crippen molar-refractivity contribution in [3.05, 3.63) is 35.9 Å². The summed E-state index contributed by atoms with van der Waals surface area (Å²) in [6.07, 6.45) is 1.34. The molecule has 1 atom stereocenters. The smallest absolute Gasteiger partial charge is 0.240 e. The van der Waals surface area contributed by atoms with Crippen molar-refractivity contribution in [1.82, 2.24) is 9.21 Å². The third-order valence-corrected chi connectivity index (χ3v) is 5.33. The second-order valence-electron chi connectivity index (χ2n) is 5.24. The van der Waals surface area contributed by atoms with Crippen LogP contribution in [0.15, 0.2) is 30.3 Å². The largest absolute Gasteiger partial charge is 0.347 e. The number of likely N-dealkylation sites (N-methyl/N-ethyl adjacent to an activating group) is 1. The van der Waals surface area contributed by atoms with E-state index < -0.39 is 16.1 Å². The second kappa shape index (κ2) is 5.93. The van der Waals surface area contributed by atoms with Crippen LogP contribution in [0.2, 0.25) is 0 Å². The maximum absolute atomic E-state index is 12.5. The molecule has 1 aliphatic heterocycles. The minimum atomic E-state index is -3.45. The summed E-state index contributed by atoms with van der Waals surface area (Å²) >= 11 is 0. The van der Waals surface area contributed by atoms with Gasteiger partial charge in [0.05, 0.1) is 5.75 Å². The first-order valence-electron chi connectivity index (χ1n) is 6.66. The van der Waals surface area contributed by atoms with Crippen molar-refractivity contribution >= 4 is 15.9 Å². The summed E-state index contributed by atoms with van der Waals surface area (Å²) in [4.78, 5) is 13.5. The SMILES string of the molecule is CN(C)C(=O)[C@@H]1CCCN1S(=O)(=O)Cc1ccccc1. The molecule has 0 saturated carbocycles. The fourth-order valence-corrected chi connectivity index (χ4v) is 4.26. The molecule has 1 aliphatic rings. The Morgan fingerprint density at radius 1 is 1.30 bits per heavy atom. The van der Waals surface area contributed by atoms with E-state index in [-0.39, 0.29) is 11.7 Å². The summed E-state index contributed by atoms with van der Waals surface area (Å²) in [7, 11) is -0.144. The van der Waals surface area contributed by atoms with Crippen LogP contribution in [0.1, 0.15) is 18.4 Å². The molecule has 1 heterocycles. The Morgan fingerprint density at radius 3 is 2.55 bits per heavy atom. The van der Waals surface area contributed by atoms with Crippen molar-refractivity contribution in [1.29, 1.82) is 0 Å². The zero-order chi connectivity index (χ0) is 14.8. The number of carbonyl (C=O) groups is 1. The van der Waals surface area contributed by atoms with Crippen molar-refractivity contribution in [2.24, 2.45) is 0 Å². The van der Waals surface area contributed by atoms with Crippen LogP contribution in [0.3, 0.4) is 0 Å². The molecule has 6 heteroatoms. The molecule has 5 nitrogen and oxygen atoms in total. The molecule has 0 aromatic heterocycles. The highest BCUT2D eigenvalue weighted by Gasteiger charge is 2.39. The molecular weight excluding hydrogens is 276 g/mol. The maximum atomic E-state index is 12.5. The zero-order valence-corrected chi connectivity index (χ0v) is 12.6. The summed E-state index contributed by atoms with van der Waals surface area (Å²) in [6, 6.07) is 8.52. The molecule has 0 N–H and O–H groups in total. The molecular formula is C14H20N2O3S. The van der Waals surface area contributed by atoms with Crippen molar-refractivity contribution in [3.63, 3.8) is 0 Å². The predicted octanol–water partition coefficient (Wildman–Crippen LogP) is 1.07. The van der Waals surface area contributed by atoms with Gasteiger partial charge in [-0.15, -0.1) is 0 Å². The number of benzene rings is 1. The van der Waals surface area contributed by atoms with Crippen LogP contribution in [0.5, 0.6) is 0 Å². The van der Waals surface area contributed by atoms with Gasteiger partial charge < -0.3 is 4.90 Å². The van der Waals surface area contributed by atoms with E-state index in [9.17, 15) is 13.2 Å².